The third-order valence-electron chi connectivity index (χ3n) is 1.65. The molecular weight excluding hydrogens is 345 g/mol. The predicted octanol–water partition coefficient (Wildman–Crippen LogP) is 2.47. The third-order valence-corrected chi connectivity index (χ3v) is 3.19. The highest BCUT2D eigenvalue weighted by Crippen LogP contribution is 2.19. The lowest BCUT2D eigenvalue weighted by Crippen LogP contribution is -2.11. The van der Waals surface area contributed by atoms with Gasteiger partial charge in [-0.05, 0) is 52.8 Å². The van der Waals surface area contributed by atoms with Crippen LogP contribution in [0.4, 0.5) is 0 Å². The summed E-state index contributed by atoms with van der Waals surface area (Å²) in [4.78, 5) is 10.6. The Kier molecular flexibility index (Phi) is 4.18. The van der Waals surface area contributed by atoms with Gasteiger partial charge < -0.3 is 5.73 Å². The van der Waals surface area contributed by atoms with Gasteiger partial charge in [-0.2, -0.15) is 0 Å². The molecule has 2 nitrogen and oxygen atoms in total. The van der Waals surface area contributed by atoms with Gasteiger partial charge in [-0.15, -0.1) is 0 Å². The zero-order valence-corrected chi connectivity index (χ0v) is 10.6. The standard InChI is InChI=1S/C9H9BrINO/c10-7-2-3-8(11)6(5-7)1-4-9(12)13/h2-3,5H,1,4H2,(H2,12,13). The second-order valence-corrected chi connectivity index (χ2v) is 4.78. The van der Waals surface area contributed by atoms with E-state index in [1.165, 1.54) is 3.57 Å². The van der Waals surface area contributed by atoms with Gasteiger partial charge in [-0.25, -0.2) is 0 Å². The summed E-state index contributed by atoms with van der Waals surface area (Å²) < 4.78 is 2.20. The van der Waals surface area contributed by atoms with Crippen LogP contribution in [0.15, 0.2) is 22.7 Å². The molecule has 0 atom stereocenters. The van der Waals surface area contributed by atoms with E-state index in [-0.39, 0.29) is 5.91 Å². The number of hydrogen-bond acceptors (Lipinski definition) is 1. The highest BCUT2D eigenvalue weighted by molar-refractivity contribution is 14.1. The number of carbonyl (C=O) groups is 1. The maximum Gasteiger partial charge on any atom is 0.217 e. The van der Waals surface area contributed by atoms with Crippen molar-refractivity contribution >= 4 is 44.4 Å². The van der Waals surface area contributed by atoms with Gasteiger partial charge in [0.05, 0.1) is 0 Å². The molecule has 1 aromatic carbocycles. The SMILES string of the molecule is NC(=O)CCc1cc(Br)ccc1I. The first-order chi connectivity index (χ1) is 6.09. The van der Waals surface area contributed by atoms with Crippen LogP contribution < -0.4 is 5.73 Å². The lowest BCUT2D eigenvalue weighted by molar-refractivity contribution is -0.117. The summed E-state index contributed by atoms with van der Waals surface area (Å²) in [6.45, 7) is 0. The summed E-state index contributed by atoms with van der Waals surface area (Å²) in [7, 11) is 0. The van der Waals surface area contributed by atoms with Crippen LogP contribution in [0.3, 0.4) is 0 Å². The molecule has 0 aliphatic heterocycles. The third kappa shape index (κ3) is 3.64. The van der Waals surface area contributed by atoms with Gasteiger partial charge in [0.25, 0.3) is 0 Å². The summed E-state index contributed by atoms with van der Waals surface area (Å²) in [5, 5.41) is 0. The fourth-order valence-corrected chi connectivity index (χ4v) is 2.01. The second-order valence-electron chi connectivity index (χ2n) is 2.70. The van der Waals surface area contributed by atoms with Crippen LogP contribution in [0.25, 0.3) is 0 Å². The minimum atomic E-state index is -0.254. The molecule has 0 fully saturated rings. The summed E-state index contributed by atoms with van der Waals surface area (Å²) in [6, 6.07) is 6.02. The van der Waals surface area contributed by atoms with E-state index >= 15 is 0 Å². The minimum Gasteiger partial charge on any atom is -0.370 e. The van der Waals surface area contributed by atoms with Crippen molar-refractivity contribution in [3.63, 3.8) is 0 Å². The van der Waals surface area contributed by atoms with Crippen molar-refractivity contribution in [2.75, 3.05) is 0 Å². The molecule has 0 aromatic heterocycles. The number of nitrogens with two attached hydrogens (primary N) is 1. The molecule has 1 aromatic rings. The fourth-order valence-electron chi connectivity index (χ4n) is 0.993. The van der Waals surface area contributed by atoms with Crippen molar-refractivity contribution < 1.29 is 4.79 Å². The Balaban J connectivity index is 2.75. The number of benzene rings is 1. The van der Waals surface area contributed by atoms with Gasteiger partial charge in [-0.1, -0.05) is 15.9 Å². The lowest BCUT2D eigenvalue weighted by atomic mass is 10.1. The monoisotopic (exact) mass is 353 g/mol. The molecule has 0 saturated carbocycles. The summed E-state index contributed by atoms with van der Waals surface area (Å²) in [6.07, 6.45) is 1.12. The number of aryl methyl sites for hydroxylation is 1. The van der Waals surface area contributed by atoms with Crippen LogP contribution in [0.2, 0.25) is 0 Å². The van der Waals surface area contributed by atoms with Gasteiger partial charge in [-0.3, -0.25) is 4.79 Å². The number of primary amides is 1. The van der Waals surface area contributed by atoms with Gasteiger partial charge >= 0.3 is 0 Å². The normalized spacial score (nSPS) is 10.0. The molecule has 0 aliphatic carbocycles. The van der Waals surface area contributed by atoms with Gasteiger partial charge in [0.2, 0.25) is 5.91 Å². The van der Waals surface area contributed by atoms with Crippen LogP contribution in [-0.2, 0) is 11.2 Å². The fraction of sp³-hybridized carbons (Fsp3) is 0.222. The maximum atomic E-state index is 10.6. The van der Waals surface area contributed by atoms with E-state index in [0.717, 1.165) is 10.0 Å². The number of amides is 1. The van der Waals surface area contributed by atoms with E-state index in [1.54, 1.807) is 0 Å². The van der Waals surface area contributed by atoms with Gasteiger partial charge in [0.1, 0.15) is 0 Å². The number of rotatable bonds is 3. The Hall–Kier alpha value is -0.100. The zero-order chi connectivity index (χ0) is 9.84. The molecule has 70 valence electrons. The van der Waals surface area contributed by atoms with Crippen LogP contribution in [0, 0.1) is 3.57 Å². The Morgan fingerprint density at radius 3 is 2.85 bits per heavy atom. The largest absolute Gasteiger partial charge is 0.370 e. The van der Waals surface area contributed by atoms with Crippen LogP contribution >= 0.6 is 38.5 Å². The first-order valence-electron chi connectivity index (χ1n) is 3.82. The molecule has 0 unspecified atom stereocenters. The molecule has 0 spiro atoms. The smallest absolute Gasteiger partial charge is 0.217 e. The maximum absolute atomic E-state index is 10.6. The topological polar surface area (TPSA) is 43.1 Å². The average molecular weight is 354 g/mol. The average Bonchev–Trinajstić information content (AvgIpc) is 2.06. The highest BCUT2D eigenvalue weighted by atomic mass is 127. The van der Waals surface area contributed by atoms with Gasteiger partial charge in [0.15, 0.2) is 0 Å². The molecule has 1 rings (SSSR count). The van der Waals surface area contributed by atoms with E-state index < -0.39 is 0 Å². The van der Waals surface area contributed by atoms with Crippen LogP contribution in [0.1, 0.15) is 12.0 Å². The molecule has 0 heterocycles. The molecular formula is C9H9BrINO. The van der Waals surface area contributed by atoms with E-state index in [1.807, 2.05) is 18.2 Å². The van der Waals surface area contributed by atoms with Crippen molar-refractivity contribution in [2.45, 2.75) is 12.8 Å². The van der Waals surface area contributed by atoms with Crippen LogP contribution in [-0.4, -0.2) is 5.91 Å². The summed E-state index contributed by atoms with van der Waals surface area (Å²) in [5.41, 5.74) is 6.24. The van der Waals surface area contributed by atoms with Crippen molar-refractivity contribution in [1.29, 1.82) is 0 Å². The molecule has 0 bridgehead atoms. The Morgan fingerprint density at radius 2 is 2.23 bits per heavy atom. The Labute approximate surface area is 99.2 Å². The zero-order valence-electron chi connectivity index (χ0n) is 6.89. The molecule has 0 radical (unpaired) electrons. The highest BCUT2D eigenvalue weighted by Gasteiger charge is 2.02. The Bertz CT molecular complexity index is 327. The first-order valence-corrected chi connectivity index (χ1v) is 5.69. The molecule has 0 saturated heterocycles. The number of carbonyl (C=O) groups excluding carboxylic acids is 1. The summed E-state index contributed by atoms with van der Waals surface area (Å²) >= 11 is 5.63. The van der Waals surface area contributed by atoms with Crippen LogP contribution in [0.5, 0.6) is 0 Å². The molecule has 4 heteroatoms. The molecule has 13 heavy (non-hydrogen) atoms. The Morgan fingerprint density at radius 1 is 1.54 bits per heavy atom. The summed E-state index contributed by atoms with van der Waals surface area (Å²) in [5.74, 6) is -0.254. The van der Waals surface area contributed by atoms with E-state index in [9.17, 15) is 4.79 Å². The quantitative estimate of drug-likeness (QED) is 0.833. The number of hydrogen-bond donors (Lipinski definition) is 1. The first kappa shape index (κ1) is 11.0. The molecule has 0 aliphatic rings. The van der Waals surface area contributed by atoms with Crippen molar-refractivity contribution in [3.05, 3.63) is 31.8 Å². The van der Waals surface area contributed by atoms with E-state index in [0.29, 0.717) is 12.8 Å². The van der Waals surface area contributed by atoms with Crippen molar-refractivity contribution in [1.82, 2.24) is 0 Å². The van der Waals surface area contributed by atoms with E-state index in [4.69, 9.17) is 5.73 Å². The molecule has 2 N–H and O–H groups in total. The second kappa shape index (κ2) is 4.95. The number of halogens is 2. The minimum absolute atomic E-state index is 0.254. The lowest BCUT2D eigenvalue weighted by Gasteiger charge is -2.03. The predicted molar refractivity (Wildman–Crippen MR) is 64.4 cm³/mol. The van der Waals surface area contributed by atoms with Gasteiger partial charge in [0, 0.05) is 14.5 Å². The van der Waals surface area contributed by atoms with Crippen molar-refractivity contribution in [3.8, 4) is 0 Å². The van der Waals surface area contributed by atoms with E-state index in [2.05, 4.69) is 38.5 Å². The molecule has 1 amide bonds. The van der Waals surface area contributed by atoms with Crippen molar-refractivity contribution in [2.24, 2.45) is 5.73 Å².